The number of hydrogen-bond donors (Lipinski definition) is 0. The van der Waals surface area contributed by atoms with Crippen molar-refractivity contribution in [1.29, 1.82) is 5.26 Å². The van der Waals surface area contributed by atoms with E-state index in [-0.39, 0.29) is 18.7 Å². The van der Waals surface area contributed by atoms with Crippen molar-refractivity contribution >= 4 is 44.5 Å². The molecule has 28 heavy (non-hydrogen) atoms. The van der Waals surface area contributed by atoms with Gasteiger partial charge >= 0.3 is 12.1 Å². The summed E-state index contributed by atoms with van der Waals surface area (Å²) in [5.74, 6) is -1.55. The molecule has 1 amide bonds. The van der Waals surface area contributed by atoms with E-state index in [1.165, 1.54) is 7.11 Å². The summed E-state index contributed by atoms with van der Waals surface area (Å²) in [6.45, 7) is -0.347. The molecule has 3 rings (SSSR count). The number of carbonyl (C=O) groups is 3. The fourth-order valence-electron chi connectivity index (χ4n) is 3.18. The average molecular weight is 445 g/mol. The Kier molecular flexibility index (Phi) is 5.95. The van der Waals surface area contributed by atoms with Gasteiger partial charge in [0, 0.05) is 16.6 Å². The van der Waals surface area contributed by atoms with Gasteiger partial charge in [0.1, 0.15) is 6.04 Å². The SMILES string of the molecule is COC(=O)N1C[C@H](C#N)C[C@@H]1C(=O)OCC(=O)c1ccc2cc(Br)ccc2c1. The van der Waals surface area contributed by atoms with Gasteiger partial charge in [0.15, 0.2) is 12.4 Å². The molecule has 0 bridgehead atoms. The molecule has 1 fully saturated rings. The van der Waals surface area contributed by atoms with E-state index >= 15 is 0 Å². The Hall–Kier alpha value is -2.92. The normalized spacial score (nSPS) is 18.5. The first-order chi connectivity index (χ1) is 13.4. The zero-order valence-electron chi connectivity index (χ0n) is 15.1. The maximum Gasteiger partial charge on any atom is 0.410 e. The molecule has 1 aliphatic rings. The molecule has 1 heterocycles. The number of rotatable bonds is 4. The molecule has 0 aliphatic carbocycles. The van der Waals surface area contributed by atoms with Crippen LogP contribution in [0.1, 0.15) is 16.8 Å². The molecule has 1 aliphatic heterocycles. The summed E-state index contributed by atoms with van der Waals surface area (Å²) >= 11 is 3.40. The molecule has 0 unspecified atom stereocenters. The van der Waals surface area contributed by atoms with Crippen molar-refractivity contribution in [3.05, 3.63) is 46.4 Å². The Labute approximate surface area is 169 Å². The third-order valence-electron chi connectivity index (χ3n) is 4.63. The summed E-state index contributed by atoms with van der Waals surface area (Å²) in [7, 11) is 1.20. The van der Waals surface area contributed by atoms with Crippen LogP contribution in [0.3, 0.4) is 0 Å². The summed E-state index contributed by atoms with van der Waals surface area (Å²) in [6.07, 6.45) is -0.546. The number of carbonyl (C=O) groups excluding carboxylic acids is 3. The van der Waals surface area contributed by atoms with E-state index in [1.807, 2.05) is 30.3 Å². The Morgan fingerprint density at radius 2 is 1.93 bits per heavy atom. The number of ether oxygens (including phenoxy) is 2. The second-order valence-electron chi connectivity index (χ2n) is 6.44. The molecule has 2 aromatic carbocycles. The smallest absolute Gasteiger partial charge is 0.410 e. The quantitative estimate of drug-likeness (QED) is 0.529. The fourth-order valence-corrected chi connectivity index (χ4v) is 3.56. The van der Waals surface area contributed by atoms with Crippen molar-refractivity contribution in [2.45, 2.75) is 12.5 Å². The summed E-state index contributed by atoms with van der Waals surface area (Å²) in [5, 5.41) is 10.9. The molecule has 0 aromatic heterocycles. The first-order valence-electron chi connectivity index (χ1n) is 8.56. The van der Waals surface area contributed by atoms with Gasteiger partial charge in [-0.25, -0.2) is 9.59 Å². The summed E-state index contributed by atoms with van der Waals surface area (Å²) in [5.41, 5.74) is 0.425. The van der Waals surface area contributed by atoms with Crippen molar-refractivity contribution in [3.8, 4) is 6.07 Å². The molecule has 0 saturated carbocycles. The highest BCUT2D eigenvalue weighted by Gasteiger charge is 2.41. The van der Waals surface area contributed by atoms with Crippen LogP contribution >= 0.6 is 15.9 Å². The minimum atomic E-state index is -0.932. The number of methoxy groups -OCH3 is 1. The van der Waals surface area contributed by atoms with Crippen LogP contribution < -0.4 is 0 Å². The molecule has 0 radical (unpaired) electrons. The highest BCUT2D eigenvalue weighted by molar-refractivity contribution is 9.10. The Morgan fingerprint density at radius 3 is 2.64 bits per heavy atom. The molecular formula is C20H17BrN2O5. The van der Waals surface area contributed by atoms with Crippen molar-refractivity contribution in [3.63, 3.8) is 0 Å². The molecule has 7 nitrogen and oxygen atoms in total. The maximum absolute atomic E-state index is 12.4. The van der Waals surface area contributed by atoms with Crippen molar-refractivity contribution in [2.75, 3.05) is 20.3 Å². The number of hydrogen-bond acceptors (Lipinski definition) is 6. The topological polar surface area (TPSA) is 96.7 Å². The number of ketones is 1. The zero-order chi connectivity index (χ0) is 20.3. The molecule has 144 valence electrons. The van der Waals surface area contributed by atoms with Crippen molar-refractivity contribution in [1.82, 2.24) is 4.90 Å². The average Bonchev–Trinajstić information content (AvgIpc) is 3.15. The second kappa shape index (κ2) is 8.40. The van der Waals surface area contributed by atoms with E-state index in [4.69, 9.17) is 10.00 Å². The van der Waals surface area contributed by atoms with E-state index in [2.05, 4.69) is 20.7 Å². The lowest BCUT2D eigenvalue weighted by Crippen LogP contribution is -2.41. The largest absolute Gasteiger partial charge is 0.456 e. The zero-order valence-corrected chi connectivity index (χ0v) is 16.6. The van der Waals surface area contributed by atoms with E-state index in [1.54, 1.807) is 12.1 Å². The molecule has 1 saturated heterocycles. The second-order valence-corrected chi connectivity index (χ2v) is 7.35. The molecule has 2 aromatic rings. The van der Waals surface area contributed by atoms with Gasteiger partial charge < -0.3 is 9.47 Å². The van der Waals surface area contributed by atoms with Gasteiger partial charge in [0.2, 0.25) is 0 Å². The summed E-state index contributed by atoms with van der Waals surface area (Å²) < 4.78 is 10.7. The van der Waals surface area contributed by atoms with Crippen LogP contribution in [0.25, 0.3) is 10.8 Å². The van der Waals surface area contributed by atoms with Crippen LogP contribution in [-0.2, 0) is 14.3 Å². The molecule has 0 spiro atoms. The van der Waals surface area contributed by atoms with Crippen molar-refractivity contribution < 1.29 is 23.9 Å². The van der Waals surface area contributed by atoms with Gasteiger partial charge in [-0.05, 0) is 35.4 Å². The maximum atomic E-state index is 12.4. The van der Waals surface area contributed by atoms with Crippen LogP contribution in [0.2, 0.25) is 0 Å². The summed E-state index contributed by atoms with van der Waals surface area (Å²) in [6, 6.07) is 12.0. The highest BCUT2D eigenvalue weighted by Crippen LogP contribution is 2.25. The Balaban J connectivity index is 1.66. The molecule has 8 heteroatoms. The highest BCUT2D eigenvalue weighted by atomic mass is 79.9. The van der Waals surface area contributed by atoms with Gasteiger partial charge in [0.05, 0.1) is 19.1 Å². The Bertz CT molecular complexity index is 984. The molecule has 0 N–H and O–H groups in total. The van der Waals surface area contributed by atoms with E-state index in [9.17, 15) is 14.4 Å². The van der Waals surface area contributed by atoms with Gasteiger partial charge in [-0.1, -0.05) is 34.1 Å². The van der Waals surface area contributed by atoms with Gasteiger partial charge in [-0.3, -0.25) is 9.69 Å². The third-order valence-corrected chi connectivity index (χ3v) is 5.13. The number of likely N-dealkylation sites (tertiary alicyclic amines) is 1. The first-order valence-corrected chi connectivity index (χ1v) is 9.35. The van der Waals surface area contributed by atoms with Gasteiger partial charge in [0.25, 0.3) is 0 Å². The minimum Gasteiger partial charge on any atom is -0.456 e. The molecular weight excluding hydrogens is 428 g/mol. The number of fused-ring (bicyclic) bond motifs is 1. The lowest BCUT2D eigenvalue weighted by molar-refractivity contribution is -0.147. The number of nitriles is 1. The predicted octanol–water partition coefficient (Wildman–Crippen LogP) is 3.31. The lowest BCUT2D eigenvalue weighted by atomic mass is 10.0. The van der Waals surface area contributed by atoms with Crippen LogP contribution in [0.5, 0.6) is 0 Å². The van der Waals surface area contributed by atoms with Gasteiger partial charge in [-0.2, -0.15) is 5.26 Å². The number of esters is 1. The van der Waals surface area contributed by atoms with E-state index in [0.717, 1.165) is 20.1 Å². The van der Waals surface area contributed by atoms with Crippen LogP contribution in [-0.4, -0.2) is 49.0 Å². The van der Waals surface area contributed by atoms with E-state index in [0.29, 0.717) is 5.56 Å². The standard InChI is InChI=1S/C20H17BrN2O5/c1-27-20(26)23-10-12(9-22)6-17(23)19(25)28-11-18(24)15-3-2-14-8-16(21)5-4-13(14)7-15/h2-5,7-8,12,17H,6,10-11H2,1H3/t12-,17+/m0/s1. The number of Topliss-reactive ketones (excluding diaryl/α,β-unsaturated/α-hetero) is 1. The first kappa shape index (κ1) is 19.8. The predicted molar refractivity (Wildman–Crippen MR) is 104 cm³/mol. The lowest BCUT2D eigenvalue weighted by Gasteiger charge is -2.21. The number of halogens is 1. The van der Waals surface area contributed by atoms with Gasteiger partial charge in [-0.15, -0.1) is 0 Å². The summed E-state index contributed by atoms with van der Waals surface area (Å²) in [4.78, 5) is 37.8. The number of benzene rings is 2. The van der Waals surface area contributed by atoms with Crippen LogP contribution in [0.4, 0.5) is 4.79 Å². The fraction of sp³-hybridized carbons (Fsp3) is 0.300. The number of amides is 1. The third kappa shape index (κ3) is 4.15. The monoisotopic (exact) mass is 444 g/mol. The van der Waals surface area contributed by atoms with Crippen molar-refractivity contribution in [2.24, 2.45) is 5.92 Å². The Morgan fingerprint density at radius 1 is 1.21 bits per heavy atom. The van der Waals surface area contributed by atoms with E-state index < -0.39 is 30.6 Å². The number of nitrogens with zero attached hydrogens (tertiary/aromatic N) is 2. The molecule has 2 atom stereocenters. The van der Waals surface area contributed by atoms with Crippen LogP contribution in [0, 0.1) is 17.2 Å². The minimum absolute atomic E-state index is 0.0944. The van der Waals surface area contributed by atoms with Crippen LogP contribution in [0.15, 0.2) is 40.9 Å².